The van der Waals surface area contributed by atoms with E-state index in [1.165, 1.54) is 0 Å². The summed E-state index contributed by atoms with van der Waals surface area (Å²) in [5.74, 6) is 0.443. The summed E-state index contributed by atoms with van der Waals surface area (Å²) in [6.45, 7) is 6.32. The minimum absolute atomic E-state index is 0.0324. The van der Waals surface area contributed by atoms with Crippen LogP contribution in [0.2, 0.25) is 0 Å². The maximum absolute atomic E-state index is 11.1. The van der Waals surface area contributed by atoms with Gasteiger partial charge in [-0.25, -0.2) is 0 Å². The second kappa shape index (κ2) is 7.46. The van der Waals surface area contributed by atoms with E-state index in [4.69, 9.17) is 0 Å². The summed E-state index contributed by atoms with van der Waals surface area (Å²) in [5.41, 5.74) is 0.0324. The van der Waals surface area contributed by atoms with Crippen molar-refractivity contribution in [3.05, 3.63) is 0 Å². The molecule has 0 fully saturated rings. The first-order chi connectivity index (χ1) is 6.17. The molecule has 13 heavy (non-hydrogen) atoms. The zero-order chi connectivity index (χ0) is 10.3. The van der Waals surface area contributed by atoms with Crippen molar-refractivity contribution in [2.24, 2.45) is 5.92 Å². The highest BCUT2D eigenvalue weighted by molar-refractivity contribution is 7.38. The first kappa shape index (κ1) is 13.1. The van der Waals surface area contributed by atoms with Crippen LogP contribution >= 0.6 is 8.03 Å². The van der Waals surface area contributed by atoms with Crippen LogP contribution in [0.1, 0.15) is 52.9 Å². The molecule has 0 amide bonds. The Kier molecular flexibility index (Phi) is 7.50. The molecule has 0 rings (SSSR count). The second-order valence-electron chi connectivity index (χ2n) is 3.62. The summed E-state index contributed by atoms with van der Waals surface area (Å²) in [7, 11) is -1.98. The molecule has 0 saturated carbocycles. The van der Waals surface area contributed by atoms with Gasteiger partial charge in [-0.15, -0.1) is 0 Å². The SMILES string of the molecule is CCCC(CC)C(CCC)[P+](=O)O. The smallest absolute Gasteiger partial charge is 0.161 e. The van der Waals surface area contributed by atoms with Crippen molar-refractivity contribution in [3.63, 3.8) is 0 Å². The van der Waals surface area contributed by atoms with Gasteiger partial charge in [0.2, 0.25) is 0 Å². The Bertz CT molecular complexity index is 148. The van der Waals surface area contributed by atoms with Crippen molar-refractivity contribution in [2.75, 3.05) is 0 Å². The number of hydrogen-bond acceptors (Lipinski definition) is 1. The minimum Gasteiger partial charge on any atom is -0.161 e. The molecule has 0 aliphatic carbocycles. The van der Waals surface area contributed by atoms with Gasteiger partial charge in [0.1, 0.15) is 0 Å². The molecule has 2 nitrogen and oxygen atoms in total. The Morgan fingerprint density at radius 3 is 2.00 bits per heavy atom. The zero-order valence-electron chi connectivity index (χ0n) is 8.99. The highest BCUT2D eigenvalue weighted by Gasteiger charge is 2.34. The van der Waals surface area contributed by atoms with E-state index < -0.39 is 8.03 Å². The van der Waals surface area contributed by atoms with E-state index in [-0.39, 0.29) is 5.66 Å². The van der Waals surface area contributed by atoms with Gasteiger partial charge < -0.3 is 0 Å². The van der Waals surface area contributed by atoms with Crippen LogP contribution in [-0.2, 0) is 4.57 Å². The van der Waals surface area contributed by atoms with Gasteiger partial charge in [-0.2, -0.15) is 4.89 Å². The van der Waals surface area contributed by atoms with Gasteiger partial charge >= 0.3 is 8.03 Å². The van der Waals surface area contributed by atoms with E-state index in [1.54, 1.807) is 0 Å². The lowest BCUT2D eigenvalue weighted by molar-refractivity contribution is 0.388. The van der Waals surface area contributed by atoms with Crippen LogP contribution in [0.25, 0.3) is 0 Å². The molecule has 78 valence electrons. The maximum Gasteiger partial charge on any atom is 0.508 e. The van der Waals surface area contributed by atoms with E-state index in [9.17, 15) is 9.46 Å². The fraction of sp³-hybridized carbons (Fsp3) is 1.00. The first-order valence-electron chi connectivity index (χ1n) is 5.32. The number of hydrogen-bond donors (Lipinski definition) is 1. The summed E-state index contributed by atoms with van der Waals surface area (Å²) in [6, 6.07) is 0. The summed E-state index contributed by atoms with van der Waals surface area (Å²) in [4.78, 5) is 9.18. The summed E-state index contributed by atoms with van der Waals surface area (Å²) in [5, 5.41) is 0. The fourth-order valence-corrected chi connectivity index (χ4v) is 3.06. The van der Waals surface area contributed by atoms with Crippen molar-refractivity contribution < 1.29 is 9.46 Å². The normalized spacial score (nSPS) is 16.8. The van der Waals surface area contributed by atoms with E-state index >= 15 is 0 Å². The Morgan fingerprint density at radius 1 is 1.15 bits per heavy atom. The van der Waals surface area contributed by atoms with Crippen molar-refractivity contribution in [3.8, 4) is 0 Å². The van der Waals surface area contributed by atoms with Crippen LogP contribution in [0.3, 0.4) is 0 Å². The lowest BCUT2D eigenvalue weighted by atomic mass is 9.94. The zero-order valence-corrected chi connectivity index (χ0v) is 9.89. The van der Waals surface area contributed by atoms with Crippen molar-refractivity contribution >= 4 is 8.03 Å². The van der Waals surface area contributed by atoms with E-state index in [0.29, 0.717) is 5.92 Å². The third-order valence-electron chi connectivity index (χ3n) is 2.60. The molecule has 1 N–H and O–H groups in total. The van der Waals surface area contributed by atoms with E-state index in [1.807, 2.05) is 0 Å². The lowest BCUT2D eigenvalue weighted by Gasteiger charge is -2.15. The van der Waals surface area contributed by atoms with E-state index in [2.05, 4.69) is 20.8 Å². The van der Waals surface area contributed by atoms with Crippen LogP contribution in [0.4, 0.5) is 0 Å². The highest BCUT2D eigenvalue weighted by atomic mass is 31.1. The fourth-order valence-electron chi connectivity index (χ4n) is 1.86. The number of rotatable bonds is 7. The predicted molar refractivity (Wildman–Crippen MR) is 57.2 cm³/mol. The van der Waals surface area contributed by atoms with Gasteiger partial charge in [0, 0.05) is 5.92 Å². The van der Waals surface area contributed by atoms with Crippen molar-refractivity contribution in [1.82, 2.24) is 0 Å². The Hall–Kier alpha value is 0.0600. The third-order valence-corrected chi connectivity index (χ3v) is 3.84. The summed E-state index contributed by atoms with van der Waals surface area (Å²) >= 11 is 0. The molecule has 3 unspecified atom stereocenters. The summed E-state index contributed by atoms with van der Waals surface area (Å²) < 4.78 is 11.1. The molecule has 0 aliphatic rings. The molecule has 3 heteroatoms. The first-order valence-corrected chi connectivity index (χ1v) is 6.60. The average molecular weight is 205 g/mol. The van der Waals surface area contributed by atoms with Crippen molar-refractivity contribution in [2.45, 2.75) is 58.5 Å². The van der Waals surface area contributed by atoms with Gasteiger partial charge in [-0.1, -0.05) is 33.6 Å². The molecule has 0 spiro atoms. The standard InChI is InChI=1S/C10H21O2P/c1-4-7-9(6-3)10(8-5-2)13(11)12/h9-10H,4-8H2,1-3H3/p+1. The largest absolute Gasteiger partial charge is 0.508 e. The Labute approximate surface area is 82.6 Å². The van der Waals surface area contributed by atoms with Crippen LogP contribution in [-0.4, -0.2) is 10.6 Å². The molecule has 0 aliphatic heterocycles. The quantitative estimate of drug-likeness (QED) is 0.643. The Morgan fingerprint density at radius 2 is 1.69 bits per heavy atom. The van der Waals surface area contributed by atoms with Crippen LogP contribution < -0.4 is 0 Å². The molecule has 0 heterocycles. The topological polar surface area (TPSA) is 37.3 Å². The molecule has 0 bridgehead atoms. The molecule has 0 saturated heterocycles. The molecule has 0 aromatic carbocycles. The molecule has 0 radical (unpaired) electrons. The minimum atomic E-state index is -1.98. The summed E-state index contributed by atoms with van der Waals surface area (Å²) in [6.07, 6.45) is 5.13. The van der Waals surface area contributed by atoms with E-state index in [0.717, 1.165) is 32.1 Å². The predicted octanol–water partition coefficient (Wildman–Crippen LogP) is 3.72. The van der Waals surface area contributed by atoms with Crippen LogP contribution in [0.15, 0.2) is 0 Å². The third kappa shape index (κ3) is 4.73. The van der Waals surface area contributed by atoms with Crippen molar-refractivity contribution in [1.29, 1.82) is 0 Å². The Balaban J connectivity index is 4.20. The molecular weight excluding hydrogens is 183 g/mol. The highest BCUT2D eigenvalue weighted by Crippen LogP contribution is 2.36. The van der Waals surface area contributed by atoms with Gasteiger partial charge in [-0.3, -0.25) is 0 Å². The van der Waals surface area contributed by atoms with Gasteiger partial charge in [0.15, 0.2) is 5.66 Å². The molecule has 0 aromatic rings. The van der Waals surface area contributed by atoms with Gasteiger partial charge in [0.25, 0.3) is 0 Å². The van der Waals surface area contributed by atoms with Crippen LogP contribution in [0, 0.1) is 5.92 Å². The van der Waals surface area contributed by atoms with Gasteiger partial charge in [0.05, 0.1) is 0 Å². The van der Waals surface area contributed by atoms with Gasteiger partial charge in [-0.05, 0) is 23.8 Å². The lowest BCUT2D eigenvalue weighted by Crippen LogP contribution is -2.16. The van der Waals surface area contributed by atoms with Crippen LogP contribution in [0.5, 0.6) is 0 Å². The maximum atomic E-state index is 11.1. The average Bonchev–Trinajstić information content (AvgIpc) is 2.10. The molecular formula is C10H22O2P+. The second-order valence-corrected chi connectivity index (χ2v) is 4.88. The monoisotopic (exact) mass is 205 g/mol. The molecule has 0 aromatic heterocycles. The molecule has 3 atom stereocenters.